The van der Waals surface area contributed by atoms with Gasteiger partial charge in [-0.3, -0.25) is 9.78 Å². The predicted octanol–water partition coefficient (Wildman–Crippen LogP) is -0.497. The van der Waals surface area contributed by atoms with Gasteiger partial charge in [0.25, 0.3) is 0 Å². The van der Waals surface area contributed by atoms with E-state index in [1.807, 2.05) is 0 Å². The van der Waals surface area contributed by atoms with E-state index in [0.717, 1.165) is 0 Å². The largest absolute Gasteiger partial charge is 0.397 e. The number of anilines is 1. The molecule has 6 heteroatoms. The van der Waals surface area contributed by atoms with Gasteiger partial charge in [-0.2, -0.15) is 0 Å². The molecule has 0 aliphatic rings. The summed E-state index contributed by atoms with van der Waals surface area (Å²) in [5.74, 6) is -0.265. The van der Waals surface area contributed by atoms with Crippen molar-refractivity contribution in [2.24, 2.45) is 0 Å². The lowest BCUT2D eigenvalue weighted by Gasteiger charge is -2.19. The summed E-state index contributed by atoms with van der Waals surface area (Å²) in [7, 11) is 0. The van der Waals surface area contributed by atoms with Crippen LogP contribution in [0.4, 0.5) is 5.69 Å². The van der Waals surface area contributed by atoms with Crippen molar-refractivity contribution in [3.05, 3.63) is 23.5 Å². The number of nitrogen functional groups attached to an aromatic ring is 1. The number of aromatic nitrogens is 1. The number of carbonyl (C=O) groups is 1. The average molecular weight is 239 g/mol. The molecule has 17 heavy (non-hydrogen) atoms. The number of amides is 1. The summed E-state index contributed by atoms with van der Waals surface area (Å²) in [5, 5.41) is 22.0. The Morgan fingerprint density at radius 3 is 2.82 bits per heavy atom. The predicted molar refractivity (Wildman–Crippen MR) is 63.0 cm³/mol. The lowest BCUT2D eigenvalue weighted by Crippen LogP contribution is -2.34. The molecule has 0 aliphatic carbocycles. The molecule has 0 saturated heterocycles. The molecule has 0 saturated carbocycles. The molecule has 1 amide bonds. The van der Waals surface area contributed by atoms with Crippen LogP contribution in [0.25, 0.3) is 0 Å². The molecule has 0 fully saturated rings. The van der Waals surface area contributed by atoms with Gasteiger partial charge in [0.05, 0.1) is 11.9 Å². The standard InChI is InChI=1S/C11H17N3O3/c1-6-9(3-8(12)4-13-6)11(17)10(16)5-14-7(2)15/h3-4,10-11,16-17H,5,12H2,1-2H3,(H,14,15). The number of aliphatic hydroxyl groups is 2. The number of rotatable bonds is 4. The topological polar surface area (TPSA) is 108 Å². The summed E-state index contributed by atoms with van der Waals surface area (Å²) in [6, 6.07) is 1.56. The lowest BCUT2D eigenvalue weighted by molar-refractivity contribution is -0.119. The summed E-state index contributed by atoms with van der Waals surface area (Å²) in [6.07, 6.45) is -0.745. The van der Waals surface area contributed by atoms with Crippen molar-refractivity contribution in [1.82, 2.24) is 10.3 Å². The maximum absolute atomic E-state index is 10.7. The van der Waals surface area contributed by atoms with Crippen LogP contribution in [0.2, 0.25) is 0 Å². The normalized spacial score (nSPS) is 14.1. The molecule has 6 nitrogen and oxygen atoms in total. The van der Waals surface area contributed by atoms with Crippen molar-refractivity contribution in [1.29, 1.82) is 0 Å². The molecule has 0 aromatic carbocycles. The van der Waals surface area contributed by atoms with Crippen LogP contribution in [0, 0.1) is 6.92 Å². The fourth-order valence-electron chi connectivity index (χ4n) is 1.43. The second-order valence-electron chi connectivity index (χ2n) is 3.89. The number of nitrogens with one attached hydrogen (secondary N) is 1. The van der Waals surface area contributed by atoms with Gasteiger partial charge in [-0.1, -0.05) is 0 Å². The van der Waals surface area contributed by atoms with E-state index >= 15 is 0 Å². The molecular weight excluding hydrogens is 222 g/mol. The Morgan fingerprint density at radius 2 is 2.24 bits per heavy atom. The first-order valence-electron chi connectivity index (χ1n) is 5.24. The van der Waals surface area contributed by atoms with Crippen LogP contribution < -0.4 is 11.1 Å². The van der Waals surface area contributed by atoms with E-state index in [0.29, 0.717) is 16.9 Å². The lowest BCUT2D eigenvalue weighted by atomic mass is 10.0. The number of hydrogen-bond acceptors (Lipinski definition) is 5. The molecule has 1 aromatic rings. The summed E-state index contributed by atoms with van der Waals surface area (Å²) >= 11 is 0. The molecule has 1 aromatic heterocycles. The molecule has 1 rings (SSSR count). The fourth-order valence-corrected chi connectivity index (χ4v) is 1.43. The van der Waals surface area contributed by atoms with Gasteiger partial charge in [-0.25, -0.2) is 0 Å². The van der Waals surface area contributed by atoms with Crippen LogP contribution in [-0.2, 0) is 4.79 Å². The molecular formula is C11H17N3O3. The highest BCUT2D eigenvalue weighted by Crippen LogP contribution is 2.21. The quantitative estimate of drug-likeness (QED) is 0.566. The molecule has 94 valence electrons. The van der Waals surface area contributed by atoms with Gasteiger partial charge in [-0.15, -0.1) is 0 Å². The summed E-state index contributed by atoms with van der Waals surface area (Å²) in [5.41, 5.74) is 7.03. The molecule has 0 radical (unpaired) electrons. The summed E-state index contributed by atoms with van der Waals surface area (Å²) < 4.78 is 0. The second-order valence-corrected chi connectivity index (χ2v) is 3.89. The maximum Gasteiger partial charge on any atom is 0.216 e. The number of pyridine rings is 1. The van der Waals surface area contributed by atoms with E-state index in [-0.39, 0.29) is 12.5 Å². The van der Waals surface area contributed by atoms with Crippen molar-refractivity contribution < 1.29 is 15.0 Å². The number of carbonyl (C=O) groups excluding carboxylic acids is 1. The Bertz CT molecular complexity index is 409. The number of aliphatic hydroxyl groups excluding tert-OH is 2. The van der Waals surface area contributed by atoms with Gasteiger partial charge in [0.1, 0.15) is 12.2 Å². The first-order valence-corrected chi connectivity index (χ1v) is 5.24. The van der Waals surface area contributed by atoms with E-state index < -0.39 is 12.2 Å². The van der Waals surface area contributed by atoms with Crippen molar-refractivity contribution >= 4 is 11.6 Å². The van der Waals surface area contributed by atoms with E-state index in [1.54, 1.807) is 13.0 Å². The molecule has 2 atom stereocenters. The highest BCUT2D eigenvalue weighted by atomic mass is 16.3. The smallest absolute Gasteiger partial charge is 0.216 e. The van der Waals surface area contributed by atoms with Gasteiger partial charge < -0.3 is 21.3 Å². The van der Waals surface area contributed by atoms with Crippen LogP contribution in [0.5, 0.6) is 0 Å². The van der Waals surface area contributed by atoms with Crippen molar-refractivity contribution in [2.45, 2.75) is 26.1 Å². The van der Waals surface area contributed by atoms with Crippen LogP contribution in [0.15, 0.2) is 12.3 Å². The summed E-state index contributed by atoms with van der Waals surface area (Å²) in [4.78, 5) is 14.7. The molecule has 0 bridgehead atoms. The van der Waals surface area contributed by atoms with Crippen LogP contribution in [-0.4, -0.2) is 33.8 Å². The van der Waals surface area contributed by atoms with E-state index in [4.69, 9.17) is 5.73 Å². The van der Waals surface area contributed by atoms with Gasteiger partial charge in [-0.05, 0) is 13.0 Å². The minimum absolute atomic E-state index is 0.0231. The molecule has 0 spiro atoms. The first-order chi connectivity index (χ1) is 7.91. The zero-order valence-corrected chi connectivity index (χ0v) is 9.84. The molecule has 5 N–H and O–H groups in total. The summed E-state index contributed by atoms with van der Waals surface area (Å²) in [6.45, 7) is 3.03. The number of nitrogens with two attached hydrogens (primary N) is 1. The Balaban J connectivity index is 2.77. The van der Waals surface area contributed by atoms with Crippen molar-refractivity contribution in [3.63, 3.8) is 0 Å². The first kappa shape index (κ1) is 13.4. The van der Waals surface area contributed by atoms with Gasteiger partial charge in [0.2, 0.25) is 5.91 Å². The van der Waals surface area contributed by atoms with Crippen molar-refractivity contribution in [3.8, 4) is 0 Å². The van der Waals surface area contributed by atoms with Crippen LogP contribution >= 0.6 is 0 Å². The number of hydrogen-bond donors (Lipinski definition) is 4. The third-order valence-electron chi connectivity index (χ3n) is 2.39. The second kappa shape index (κ2) is 5.60. The minimum Gasteiger partial charge on any atom is -0.397 e. The molecule has 2 unspecified atom stereocenters. The Labute approximate surface area is 99.5 Å². The zero-order valence-electron chi connectivity index (χ0n) is 9.84. The zero-order chi connectivity index (χ0) is 13.0. The average Bonchev–Trinajstić information content (AvgIpc) is 2.28. The SMILES string of the molecule is CC(=O)NCC(O)C(O)c1cc(N)cnc1C. The highest BCUT2D eigenvalue weighted by molar-refractivity contribution is 5.72. The van der Waals surface area contributed by atoms with Crippen LogP contribution in [0.1, 0.15) is 24.3 Å². The maximum atomic E-state index is 10.7. The van der Waals surface area contributed by atoms with Gasteiger partial charge in [0, 0.05) is 24.7 Å². The molecule has 1 heterocycles. The third-order valence-corrected chi connectivity index (χ3v) is 2.39. The Kier molecular flexibility index (Phi) is 4.42. The third kappa shape index (κ3) is 3.69. The van der Waals surface area contributed by atoms with Crippen molar-refractivity contribution in [2.75, 3.05) is 12.3 Å². The van der Waals surface area contributed by atoms with Gasteiger partial charge in [0.15, 0.2) is 0 Å². The Hall–Kier alpha value is -1.66. The van der Waals surface area contributed by atoms with E-state index in [1.165, 1.54) is 13.1 Å². The molecule has 0 aliphatic heterocycles. The minimum atomic E-state index is -1.13. The van der Waals surface area contributed by atoms with Gasteiger partial charge >= 0.3 is 0 Å². The highest BCUT2D eigenvalue weighted by Gasteiger charge is 2.21. The number of nitrogens with zero attached hydrogens (tertiary/aromatic N) is 1. The monoisotopic (exact) mass is 239 g/mol. The van der Waals surface area contributed by atoms with E-state index in [2.05, 4.69) is 10.3 Å². The number of aryl methyl sites for hydroxylation is 1. The van der Waals surface area contributed by atoms with Crippen LogP contribution in [0.3, 0.4) is 0 Å². The van der Waals surface area contributed by atoms with E-state index in [9.17, 15) is 15.0 Å². The Morgan fingerprint density at radius 1 is 1.59 bits per heavy atom. The fraction of sp³-hybridized carbons (Fsp3) is 0.455.